The molecule has 92 valence electrons. The lowest BCUT2D eigenvalue weighted by molar-refractivity contribution is -0.384. The van der Waals surface area contributed by atoms with Gasteiger partial charge in [0.2, 0.25) is 0 Å². The highest BCUT2D eigenvalue weighted by Gasteiger charge is 2.10. The van der Waals surface area contributed by atoms with Crippen LogP contribution in [0.4, 0.5) is 5.69 Å². The highest BCUT2D eigenvalue weighted by molar-refractivity contribution is 5.69. The maximum absolute atomic E-state index is 10.9. The molecule has 0 saturated heterocycles. The van der Waals surface area contributed by atoms with E-state index in [4.69, 9.17) is 4.74 Å². The molecular weight excluding hydrogens is 226 g/mol. The van der Waals surface area contributed by atoms with Gasteiger partial charge in [0.1, 0.15) is 5.75 Å². The third kappa shape index (κ3) is 3.75. The molecule has 0 aromatic heterocycles. The maximum Gasteiger partial charge on any atom is 0.308 e. The minimum atomic E-state index is -0.493. The number of hydrogen-bond donors (Lipinski definition) is 0. The van der Waals surface area contributed by atoms with Gasteiger partial charge >= 0.3 is 5.97 Å². The van der Waals surface area contributed by atoms with Gasteiger partial charge < -0.3 is 9.47 Å². The van der Waals surface area contributed by atoms with Crippen molar-refractivity contribution in [1.82, 2.24) is 0 Å². The van der Waals surface area contributed by atoms with Gasteiger partial charge in [-0.1, -0.05) is 0 Å². The summed E-state index contributed by atoms with van der Waals surface area (Å²) in [6.45, 7) is 1.91. The van der Waals surface area contributed by atoms with Crippen molar-refractivity contribution >= 4 is 11.7 Å². The van der Waals surface area contributed by atoms with E-state index in [2.05, 4.69) is 4.74 Å². The van der Waals surface area contributed by atoms with Crippen LogP contribution in [-0.4, -0.2) is 24.6 Å². The summed E-state index contributed by atoms with van der Waals surface area (Å²) >= 11 is 0. The Labute approximate surface area is 98.3 Å². The van der Waals surface area contributed by atoms with Crippen LogP contribution >= 0.6 is 0 Å². The average Bonchev–Trinajstić information content (AvgIpc) is 2.30. The lowest BCUT2D eigenvalue weighted by Gasteiger charge is -2.07. The smallest absolute Gasteiger partial charge is 0.308 e. The Balaban J connectivity index is 2.66. The van der Waals surface area contributed by atoms with Crippen LogP contribution in [0.15, 0.2) is 18.2 Å². The second-order valence-corrected chi connectivity index (χ2v) is 3.38. The summed E-state index contributed by atoms with van der Waals surface area (Å²) in [5, 5.41) is 10.6. The normalized spacial score (nSPS) is 9.76. The molecule has 0 aliphatic heterocycles. The SMILES string of the molecule is COC(=O)CCOc1cc([N+](=O)[O-])ccc1C. The number of carbonyl (C=O) groups excluding carboxylic acids is 1. The molecule has 1 aromatic rings. The van der Waals surface area contributed by atoms with Crippen molar-refractivity contribution in [2.24, 2.45) is 0 Å². The topological polar surface area (TPSA) is 78.7 Å². The number of hydrogen-bond acceptors (Lipinski definition) is 5. The molecule has 0 heterocycles. The molecule has 1 aromatic carbocycles. The Bertz CT molecular complexity index is 430. The summed E-state index contributed by atoms with van der Waals surface area (Å²) in [7, 11) is 1.29. The molecule has 0 saturated carbocycles. The molecular formula is C11H13NO5. The molecule has 0 unspecified atom stereocenters. The second-order valence-electron chi connectivity index (χ2n) is 3.38. The summed E-state index contributed by atoms with van der Waals surface area (Å²) < 4.78 is 9.75. The van der Waals surface area contributed by atoms with Gasteiger partial charge in [-0.05, 0) is 18.6 Å². The van der Waals surface area contributed by atoms with E-state index in [9.17, 15) is 14.9 Å². The molecule has 17 heavy (non-hydrogen) atoms. The first kappa shape index (κ1) is 13.0. The molecule has 0 aliphatic carbocycles. The minimum Gasteiger partial charge on any atom is -0.492 e. The summed E-state index contributed by atoms with van der Waals surface area (Å²) in [6.07, 6.45) is 0.110. The van der Waals surface area contributed by atoms with Gasteiger partial charge in [-0.2, -0.15) is 0 Å². The fourth-order valence-electron chi connectivity index (χ4n) is 1.20. The van der Waals surface area contributed by atoms with Crippen LogP contribution in [0.5, 0.6) is 5.75 Å². The fourth-order valence-corrected chi connectivity index (χ4v) is 1.20. The first-order valence-corrected chi connectivity index (χ1v) is 4.99. The fraction of sp³-hybridized carbons (Fsp3) is 0.364. The van der Waals surface area contributed by atoms with Crippen molar-refractivity contribution in [3.05, 3.63) is 33.9 Å². The number of nitrogens with zero attached hydrogens (tertiary/aromatic N) is 1. The van der Waals surface area contributed by atoms with E-state index in [1.807, 2.05) is 0 Å². The minimum absolute atomic E-state index is 0.0383. The molecule has 0 bridgehead atoms. The van der Waals surface area contributed by atoms with Crippen molar-refractivity contribution in [1.29, 1.82) is 0 Å². The Kier molecular flexibility index (Phi) is 4.45. The van der Waals surface area contributed by atoms with Crippen LogP contribution in [0.3, 0.4) is 0 Å². The Morgan fingerprint density at radius 3 is 2.76 bits per heavy atom. The van der Waals surface area contributed by atoms with Crippen LogP contribution in [-0.2, 0) is 9.53 Å². The van der Waals surface area contributed by atoms with Gasteiger partial charge in [-0.3, -0.25) is 14.9 Å². The largest absolute Gasteiger partial charge is 0.492 e. The molecule has 6 heteroatoms. The quantitative estimate of drug-likeness (QED) is 0.445. The third-order valence-electron chi connectivity index (χ3n) is 2.17. The van der Waals surface area contributed by atoms with E-state index in [0.29, 0.717) is 5.75 Å². The molecule has 0 spiro atoms. The van der Waals surface area contributed by atoms with Gasteiger partial charge in [0.05, 0.1) is 31.1 Å². The molecule has 0 N–H and O–H groups in total. The number of nitro groups is 1. The zero-order valence-electron chi connectivity index (χ0n) is 9.63. The molecule has 1 rings (SSSR count). The van der Waals surface area contributed by atoms with E-state index < -0.39 is 4.92 Å². The number of nitro benzene ring substituents is 1. The predicted molar refractivity (Wildman–Crippen MR) is 60.0 cm³/mol. The lowest BCUT2D eigenvalue weighted by Crippen LogP contribution is -2.08. The molecule has 6 nitrogen and oxygen atoms in total. The first-order chi connectivity index (χ1) is 8.04. The van der Waals surface area contributed by atoms with Crippen molar-refractivity contribution in [2.45, 2.75) is 13.3 Å². The van der Waals surface area contributed by atoms with Crippen LogP contribution in [0, 0.1) is 17.0 Å². The lowest BCUT2D eigenvalue weighted by atomic mass is 10.2. The number of non-ortho nitro benzene ring substituents is 1. The van der Waals surface area contributed by atoms with E-state index in [1.54, 1.807) is 13.0 Å². The monoisotopic (exact) mass is 239 g/mol. The third-order valence-corrected chi connectivity index (χ3v) is 2.17. The number of carbonyl (C=O) groups is 1. The van der Waals surface area contributed by atoms with Crippen LogP contribution < -0.4 is 4.74 Å². The van der Waals surface area contributed by atoms with E-state index >= 15 is 0 Å². The Morgan fingerprint density at radius 2 is 2.18 bits per heavy atom. The van der Waals surface area contributed by atoms with Crippen LogP contribution in [0.2, 0.25) is 0 Å². The molecule has 0 atom stereocenters. The first-order valence-electron chi connectivity index (χ1n) is 4.99. The molecule has 0 fully saturated rings. The van der Waals surface area contributed by atoms with Crippen molar-refractivity contribution in [3.8, 4) is 5.75 Å². The van der Waals surface area contributed by atoms with Crippen molar-refractivity contribution in [2.75, 3.05) is 13.7 Å². The number of aryl methyl sites for hydroxylation is 1. The maximum atomic E-state index is 10.9. The van der Waals surface area contributed by atoms with Gasteiger partial charge in [-0.15, -0.1) is 0 Å². The molecule has 0 aliphatic rings. The van der Waals surface area contributed by atoms with E-state index in [-0.39, 0.29) is 24.7 Å². The van der Waals surface area contributed by atoms with Gasteiger partial charge in [0.15, 0.2) is 0 Å². The predicted octanol–water partition coefficient (Wildman–Crippen LogP) is 1.85. The number of methoxy groups -OCH3 is 1. The summed E-state index contributed by atoms with van der Waals surface area (Å²) in [4.78, 5) is 20.9. The summed E-state index contributed by atoms with van der Waals surface area (Å²) in [6, 6.07) is 4.35. The van der Waals surface area contributed by atoms with Crippen LogP contribution in [0.1, 0.15) is 12.0 Å². The van der Waals surface area contributed by atoms with Gasteiger partial charge in [0, 0.05) is 6.07 Å². The number of benzene rings is 1. The van der Waals surface area contributed by atoms with E-state index in [0.717, 1.165) is 5.56 Å². The zero-order valence-corrected chi connectivity index (χ0v) is 9.63. The van der Waals surface area contributed by atoms with E-state index in [1.165, 1.54) is 19.2 Å². The zero-order chi connectivity index (χ0) is 12.8. The Morgan fingerprint density at radius 1 is 1.47 bits per heavy atom. The number of rotatable bonds is 5. The highest BCUT2D eigenvalue weighted by Crippen LogP contribution is 2.24. The van der Waals surface area contributed by atoms with Crippen molar-refractivity contribution < 1.29 is 19.2 Å². The van der Waals surface area contributed by atoms with Crippen LogP contribution in [0.25, 0.3) is 0 Å². The second kappa shape index (κ2) is 5.83. The number of esters is 1. The molecule has 0 radical (unpaired) electrons. The summed E-state index contributed by atoms with van der Waals surface area (Å²) in [5.41, 5.74) is 0.740. The molecule has 0 amide bonds. The average molecular weight is 239 g/mol. The van der Waals surface area contributed by atoms with Gasteiger partial charge in [-0.25, -0.2) is 0 Å². The van der Waals surface area contributed by atoms with Crippen molar-refractivity contribution in [3.63, 3.8) is 0 Å². The summed E-state index contributed by atoms with van der Waals surface area (Å²) in [5.74, 6) is 0.0242. The van der Waals surface area contributed by atoms with Gasteiger partial charge in [0.25, 0.3) is 5.69 Å². The highest BCUT2D eigenvalue weighted by atomic mass is 16.6. The Hall–Kier alpha value is -2.11. The number of ether oxygens (including phenoxy) is 2. The standard InChI is InChI=1S/C11H13NO5/c1-8-3-4-9(12(14)15)7-10(8)17-6-5-11(13)16-2/h3-4,7H,5-6H2,1-2H3.